The van der Waals surface area contributed by atoms with E-state index < -0.39 is 0 Å². The van der Waals surface area contributed by atoms with Gasteiger partial charge in [-0.15, -0.1) is 0 Å². The Bertz CT molecular complexity index is 1280. The second-order valence-electron chi connectivity index (χ2n) is 9.35. The Hall–Kier alpha value is -4.62. The summed E-state index contributed by atoms with van der Waals surface area (Å²) in [5.74, 6) is -0.293. The maximum atomic E-state index is 13.2. The molecule has 4 N–H and O–H groups in total. The summed E-state index contributed by atoms with van der Waals surface area (Å²) >= 11 is 0. The van der Waals surface area contributed by atoms with E-state index in [0.717, 1.165) is 41.8 Å². The van der Waals surface area contributed by atoms with Crippen LogP contribution in [0.3, 0.4) is 0 Å². The Morgan fingerprint density at radius 3 is 2.49 bits per heavy atom. The quantitative estimate of drug-likeness (QED) is 0.146. The van der Waals surface area contributed by atoms with Crippen LogP contribution < -0.4 is 21.3 Å². The number of carbonyl (C=O) groups is 2. The molecule has 4 rings (SSSR count). The first kappa shape index (κ1) is 30.9. The van der Waals surface area contributed by atoms with Crippen molar-refractivity contribution in [3.05, 3.63) is 102 Å². The molecular weight excluding hydrogens is 517 g/mol. The van der Waals surface area contributed by atoms with Crippen molar-refractivity contribution in [3.8, 4) is 6.26 Å². The molecule has 0 aliphatic carbocycles. The van der Waals surface area contributed by atoms with Gasteiger partial charge >= 0.3 is 165 Å². The van der Waals surface area contributed by atoms with Gasteiger partial charge < -0.3 is 10.1 Å². The molecule has 0 aromatic heterocycles. The van der Waals surface area contributed by atoms with E-state index in [4.69, 9.17) is 10.00 Å². The molecule has 3 aromatic rings. The molecule has 10 heteroatoms. The normalized spacial score (nSPS) is 14.6. The van der Waals surface area contributed by atoms with Gasteiger partial charge in [0.15, 0.2) is 0 Å². The molecule has 0 spiro atoms. The summed E-state index contributed by atoms with van der Waals surface area (Å²) in [6, 6.07) is 27.6. The van der Waals surface area contributed by atoms with Crippen LogP contribution in [0.2, 0.25) is 0 Å². The second kappa shape index (κ2) is 17.9. The van der Waals surface area contributed by atoms with Crippen molar-refractivity contribution >= 4 is 30.8 Å². The van der Waals surface area contributed by atoms with Crippen LogP contribution in [0.25, 0.3) is 0 Å². The van der Waals surface area contributed by atoms with E-state index in [1.165, 1.54) is 7.12 Å². The zero-order valence-electron chi connectivity index (χ0n) is 23.2. The third-order valence-corrected chi connectivity index (χ3v) is 6.43. The molecule has 0 radical (unpaired) electrons. The van der Waals surface area contributed by atoms with Crippen molar-refractivity contribution < 1.29 is 19.0 Å². The van der Waals surface area contributed by atoms with E-state index in [0.29, 0.717) is 31.6 Å². The Balaban J connectivity index is 0.000000436. The van der Waals surface area contributed by atoms with E-state index in [-0.39, 0.29) is 17.9 Å². The third-order valence-electron chi connectivity index (χ3n) is 6.43. The van der Waals surface area contributed by atoms with Gasteiger partial charge in [-0.25, -0.2) is 0 Å². The summed E-state index contributed by atoms with van der Waals surface area (Å²) in [7, 11) is 3.02. The van der Waals surface area contributed by atoms with Crippen LogP contribution in [0, 0.1) is 11.5 Å². The molecule has 2 amide bonds. The van der Waals surface area contributed by atoms with Gasteiger partial charge in [0.1, 0.15) is 0 Å². The Kier molecular flexibility index (Phi) is 13.5. The van der Waals surface area contributed by atoms with Gasteiger partial charge in [-0.3, -0.25) is 4.79 Å². The van der Waals surface area contributed by atoms with Gasteiger partial charge in [0.25, 0.3) is 0 Å². The van der Waals surface area contributed by atoms with Crippen molar-refractivity contribution in [2.24, 2.45) is 0 Å². The molecule has 41 heavy (non-hydrogen) atoms. The van der Waals surface area contributed by atoms with Crippen molar-refractivity contribution in [2.75, 3.05) is 25.5 Å². The largest absolute Gasteiger partial charge is 0.376 e. The van der Waals surface area contributed by atoms with Gasteiger partial charge in [-0.05, 0) is 12.8 Å². The molecule has 1 aliphatic rings. The fraction of sp³-hybridized carbons (Fsp3) is 0.290. The minimum atomic E-state index is -0.276. The van der Waals surface area contributed by atoms with Crippen molar-refractivity contribution in [1.29, 1.82) is 5.26 Å². The van der Waals surface area contributed by atoms with Gasteiger partial charge in [0.05, 0.1) is 6.10 Å². The van der Waals surface area contributed by atoms with Crippen LogP contribution in [0.4, 0.5) is 5.69 Å². The van der Waals surface area contributed by atoms with Crippen LogP contribution >= 0.6 is 0 Å². The number of nitrogens with one attached hydrogen (secondary N) is 4. The van der Waals surface area contributed by atoms with E-state index in [1.807, 2.05) is 84.9 Å². The van der Waals surface area contributed by atoms with E-state index in [9.17, 15) is 9.59 Å². The minimum Gasteiger partial charge on any atom is -0.376 e. The van der Waals surface area contributed by atoms with Crippen LogP contribution in [0.15, 0.2) is 84.9 Å². The first-order chi connectivity index (χ1) is 20.1. The number of rotatable bonds is 13. The Morgan fingerprint density at radius 1 is 1.10 bits per heavy atom. The summed E-state index contributed by atoms with van der Waals surface area (Å²) in [6.07, 6.45) is 5.43. The number of carbonyl (C=O) groups excluding carboxylic acids is 2. The number of hydrogen-bond acceptors (Lipinski definition) is 7. The van der Waals surface area contributed by atoms with E-state index in [1.54, 1.807) is 13.3 Å². The van der Waals surface area contributed by atoms with Crippen molar-refractivity contribution in [3.63, 3.8) is 0 Å². The SMILES string of the molecule is CNC(=BOC#N)Nc1cccc(CNC(=O)C(Cc2ccccc2)c2ccccc2)c1.O=CNCC1CCCO1. The summed E-state index contributed by atoms with van der Waals surface area (Å²) in [5.41, 5.74) is 4.41. The molecule has 3 aromatic carbocycles. The predicted octanol–water partition coefficient (Wildman–Crippen LogP) is 3.08. The molecule has 1 fully saturated rings. The fourth-order valence-corrected chi connectivity index (χ4v) is 4.35. The standard InChI is InChI=1S/C25H25BN4O2.C6H11NO2/c1-28-25(26-32-18-27)30-22-14-8-11-20(15-22)17-29-24(31)23(21-12-6-3-7-13-21)16-19-9-4-2-5-10-19;8-5-7-4-6-2-1-3-9-6/h2-15,23,28,30H,16-17H2,1H3,(H,29,31);5-6H,1-4H2,(H,7,8). The molecule has 9 nitrogen and oxygen atoms in total. The zero-order valence-corrected chi connectivity index (χ0v) is 23.2. The van der Waals surface area contributed by atoms with Gasteiger partial charge in [0.2, 0.25) is 6.41 Å². The smallest absolute Gasteiger partial charge is 0.207 e. The van der Waals surface area contributed by atoms with Crippen molar-refractivity contribution in [1.82, 2.24) is 16.0 Å². The van der Waals surface area contributed by atoms with Crippen molar-refractivity contribution in [2.45, 2.75) is 37.8 Å². The maximum absolute atomic E-state index is 13.2. The van der Waals surface area contributed by atoms with E-state index >= 15 is 0 Å². The number of amides is 2. The first-order valence-corrected chi connectivity index (χ1v) is 13.6. The van der Waals surface area contributed by atoms with Crippen LogP contribution in [0.1, 0.15) is 35.4 Å². The van der Waals surface area contributed by atoms with Crippen LogP contribution in [0.5, 0.6) is 0 Å². The Labute approximate surface area is 242 Å². The first-order valence-electron chi connectivity index (χ1n) is 13.6. The number of nitrogens with zero attached hydrogens (tertiary/aromatic N) is 1. The van der Waals surface area contributed by atoms with Gasteiger partial charge in [0, 0.05) is 13.2 Å². The average molecular weight is 553 g/mol. The summed E-state index contributed by atoms with van der Waals surface area (Å²) in [4.78, 5) is 23.0. The Morgan fingerprint density at radius 2 is 1.83 bits per heavy atom. The summed E-state index contributed by atoms with van der Waals surface area (Å²) in [5, 5.41) is 20.3. The topological polar surface area (TPSA) is 125 Å². The number of ether oxygens (including phenoxy) is 1. The molecular formula is C31H36BN5O4. The number of nitriles is 1. The molecule has 1 saturated heterocycles. The van der Waals surface area contributed by atoms with Crippen LogP contribution in [-0.2, 0) is 31.9 Å². The fourth-order valence-electron chi connectivity index (χ4n) is 4.35. The summed E-state index contributed by atoms with van der Waals surface area (Å²) in [6.45, 7) is 1.93. The number of hydrogen-bond donors (Lipinski definition) is 4. The van der Waals surface area contributed by atoms with Gasteiger partial charge in [-0.1, -0.05) is 24.3 Å². The number of benzene rings is 3. The molecule has 2 unspecified atom stereocenters. The van der Waals surface area contributed by atoms with Gasteiger partial charge in [-0.2, -0.15) is 0 Å². The molecule has 212 valence electrons. The monoisotopic (exact) mass is 553 g/mol. The van der Waals surface area contributed by atoms with Crippen LogP contribution in [-0.4, -0.2) is 51.5 Å². The molecule has 1 aliphatic heterocycles. The minimum absolute atomic E-state index is 0.0170. The molecule has 0 saturated carbocycles. The zero-order chi connectivity index (χ0) is 29.1. The molecule has 0 bridgehead atoms. The maximum Gasteiger partial charge on any atom is 0.207 e. The molecule has 1 heterocycles. The average Bonchev–Trinajstić information content (AvgIpc) is 3.55. The summed E-state index contributed by atoms with van der Waals surface area (Å²) < 4.78 is 9.88. The predicted molar refractivity (Wildman–Crippen MR) is 161 cm³/mol. The second-order valence-corrected chi connectivity index (χ2v) is 9.35. The van der Waals surface area contributed by atoms with E-state index in [2.05, 4.69) is 25.9 Å². The number of anilines is 1. The third kappa shape index (κ3) is 11.2. The molecule has 2 atom stereocenters.